The van der Waals surface area contributed by atoms with E-state index >= 15 is 0 Å². The molecule has 1 aromatic heterocycles. The van der Waals surface area contributed by atoms with E-state index in [-0.39, 0.29) is 12.6 Å². The highest BCUT2D eigenvalue weighted by Crippen LogP contribution is 2.26. The Labute approximate surface area is 114 Å². The van der Waals surface area contributed by atoms with Crippen LogP contribution in [0, 0.1) is 0 Å². The maximum absolute atomic E-state index is 11.3. The van der Waals surface area contributed by atoms with Crippen LogP contribution in [0.3, 0.4) is 0 Å². The number of nitrogens with one attached hydrogen (secondary N) is 1. The fourth-order valence-corrected chi connectivity index (χ4v) is 1.14. The number of ether oxygens (including phenoxy) is 1. The van der Waals surface area contributed by atoms with Crippen molar-refractivity contribution in [2.24, 2.45) is 0 Å². The van der Waals surface area contributed by atoms with E-state index in [0.717, 1.165) is 0 Å². The third-order valence-corrected chi connectivity index (χ3v) is 2.12. The van der Waals surface area contributed by atoms with Crippen molar-refractivity contribution in [3.05, 3.63) is 12.5 Å². The molecule has 5 nitrogen and oxygen atoms in total. The molecule has 0 bridgehead atoms. The zero-order chi connectivity index (χ0) is 13.1. The summed E-state index contributed by atoms with van der Waals surface area (Å²) >= 11 is 16.3. The van der Waals surface area contributed by atoms with Gasteiger partial charge < -0.3 is 9.30 Å². The monoisotopic (exact) mass is 299 g/mol. The summed E-state index contributed by atoms with van der Waals surface area (Å²) in [5, 5.41) is 2.42. The molecular weight excluding hydrogens is 288 g/mol. The summed E-state index contributed by atoms with van der Waals surface area (Å²) in [7, 11) is 0. The van der Waals surface area contributed by atoms with E-state index in [4.69, 9.17) is 34.8 Å². The summed E-state index contributed by atoms with van der Waals surface area (Å²) < 4.78 is 4.91. The fourth-order valence-electron chi connectivity index (χ4n) is 0.972. The van der Waals surface area contributed by atoms with Crippen molar-refractivity contribution in [3.8, 4) is 0 Å². The van der Waals surface area contributed by atoms with Gasteiger partial charge in [-0.3, -0.25) is 5.32 Å². The molecule has 0 aromatic carbocycles. The Morgan fingerprint density at radius 1 is 1.59 bits per heavy atom. The first-order valence-corrected chi connectivity index (χ1v) is 5.95. The maximum atomic E-state index is 11.3. The van der Waals surface area contributed by atoms with Crippen LogP contribution >= 0.6 is 34.8 Å². The SMILES string of the molecule is CC(C)n1cnc(NC(=O)OCC(Cl)(Cl)Cl)c1. The van der Waals surface area contributed by atoms with Crippen molar-refractivity contribution in [3.63, 3.8) is 0 Å². The number of imidazole rings is 1. The Morgan fingerprint density at radius 2 is 2.24 bits per heavy atom. The zero-order valence-electron chi connectivity index (χ0n) is 9.28. The number of hydrogen-bond donors (Lipinski definition) is 1. The van der Waals surface area contributed by atoms with E-state index in [1.807, 2.05) is 18.4 Å². The summed E-state index contributed by atoms with van der Waals surface area (Å²) in [5.41, 5.74) is 0. The van der Waals surface area contributed by atoms with Crippen LogP contribution < -0.4 is 5.32 Å². The van der Waals surface area contributed by atoms with Crippen LogP contribution in [0.15, 0.2) is 12.5 Å². The van der Waals surface area contributed by atoms with Crippen molar-refractivity contribution in [2.45, 2.75) is 23.7 Å². The first kappa shape index (κ1) is 14.4. The molecule has 0 saturated heterocycles. The molecule has 0 aliphatic rings. The molecule has 0 aliphatic heterocycles. The summed E-state index contributed by atoms with van der Waals surface area (Å²) in [4.78, 5) is 15.3. The van der Waals surface area contributed by atoms with E-state index < -0.39 is 9.89 Å². The van der Waals surface area contributed by atoms with Gasteiger partial charge in [0, 0.05) is 12.2 Å². The topological polar surface area (TPSA) is 56.2 Å². The van der Waals surface area contributed by atoms with Gasteiger partial charge in [0.15, 0.2) is 5.82 Å². The van der Waals surface area contributed by atoms with E-state index in [1.165, 1.54) is 0 Å². The molecule has 0 saturated carbocycles. The van der Waals surface area contributed by atoms with Gasteiger partial charge in [0.1, 0.15) is 6.61 Å². The third-order valence-electron chi connectivity index (χ3n) is 1.79. The van der Waals surface area contributed by atoms with E-state index in [0.29, 0.717) is 5.82 Å². The van der Waals surface area contributed by atoms with Gasteiger partial charge in [-0.05, 0) is 13.8 Å². The quantitative estimate of drug-likeness (QED) is 0.871. The number of anilines is 1. The van der Waals surface area contributed by atoms with Crippen LogP contribution in [-0.2, 0) is 4.74 Å². The van der Waals surface area contributed by atoms with Crippen LogP contribution in [0.5, 0.6) is 0 Å². The second-order valence-electron chi connectivity index (χ2n) is 3.62. The van der Waals surface area contributed by atoms with Gasteiger partial charge >= 0.3 is 6.09 Å². The largest absolute Gasteiger partial charge is 0.445 e. The molecule has 1 amide bonds. The molecule has 1 aromatic rings. The van der Waals surface area contributed by atoms with E-state index in [9.17, 15) is 4.79 Å². The average molecular weight is 301 g/mol. The molecule has 8 heteroatoms. The van der Waals surface area contributed by atoms with Crippen LogP contribution in [0.1, 0.15) is 19.9 Å². The minimum atomic E-state index is -1.62. The Morgan fingerprint density at radius 3 is 2.71 bits per heavy atom. The summed E-state index contributed by atoms with van der Waals surface area (Å²) in [5.74, 6) is 0.382. The molecule has 0 atom stereocenters. The molecule has 0 aliphatic carbocycles. The molecule has 17 heavy (non-hydrogen) atoms. The molecule has 0 fully saturated rings. The van der Waals surface area contributed by atoms with E-state index in [1.54, 1.807) is 12.5 Å². The lowest BCUT2D eigenvalue weighted by Gasteiger charge is -2.11. The highest BCUT2D eigenvalue weighted by molar-refractivity contribution is 6.67. The lowest BCUT2D eigenvalue weighted by molar-refractivity contribution is 0.164. The van der Waals surface area contributed by atoms with Crippen molar-refractivity contribution < 1.29 is 9.53 Å². The molecular formula is C9H12Cl3N3O2. The molecule has 1 heterocycles. The summed E-state index contributed by atoms with van der Waals surface area (Å²) in [6.45, 7) is 3.66. The highest BCUT2D eigenvalue weighted by atomic mass is 35.6. The molecule has 0 unspecified atom stereocenters. The average Bonchev–Trinajstić information content (AvgIpc) is 2.62. The molecule has 1 rings (SSSR count). The van der Waals surface area contributed by atoms with Gasteiger partial charge in [0.2, 0.25) is 3.79 Å². The van der Waals surface area contributed by atoms with Crippen molar-refractivity contribution in [1.82, 2.24) is 9.55 Å². The van der Waals surface area contributed by atoms with Gasteiger partial charge in [0.25, 0.3) is 0 Å². The number of nitrogens with zero attached hydrogens (tertiary/aromatic N) is 2. The predicted octanol–water partition coefficient (Wildman–Crippen LogP) is 3.38. The summed E-state index contributed by atoms with van der Waals surface area (Å²) in [6.07, 6.45) is 2.57. The van der Waals surface area contributed by atoms with Gasteiger partial charge in [-0.15, -0.1) is 0 Å². The number of hydrogen-bond acceptors (Lipinski definition) is 3. The maximum Gasteiger partial charge on any atom is 0.412 e. The number of carbonyl (C=O) groups is 1. The lowest BCUT2D eigenvalue weighted by atomic mass is 10.4. The standard InChI is InChI=1S/C9H12Cl3N3O2/c1-6(2)15-3-7(13-5-15)14-8(16)17-4-9(10,11)12/h3,5-6H,4H2,1-2H3,(H,14,16). The number of rotatable bonds is 3. The van der Waals surface area contributed by atoms with Gasteiger partial charge in [-0.25, -0.2) is 9.78 Å². The Bertz CT molecular complexity index is 387. The van der Waals surface area contributed by atoms with Crippen LogP contribution in [0.25, 0.3) is 0 Å². The van der Waals surface area contributed by atoms with Gasteiger partial charge in [0.05, 0.1) is 6.33 Å². The predicted molar refractivity (Wildman–Crippen MR) is 67.9 cm³/mol. The third kappa shape index (κ3) is 5.48. The lowest BCUT2D eigenvalue weighted by Crippen LogP contribution is -2.21. The highest BCUT2D eigenvalue weighted by Gasteiger charge is 2.22. The van der Waals surface area contributed by atoms with Crippen molar-refractivity contribution in [1.29, 1.82) is 0 Å². The van der Waals surface area contributed by atoms with Gasteiger partial charge in [-0.2, -0.15) is 0 Å². The number of aromatic nitrogens is 2. The van der Waals surface area contributed by atoms with Crippen molar-refractivity contribution >= 4 is 46.7 Å². The first-order chi connectivity index (χ1) is 7.78. The van der Waals surface area contributed by atoms with Crippen LogP contribution in [0.4, 0.5) is 10.6 Å². The number of alkyl halides is 3. The van der Waals surface area contributed by atoms with Gasteiger partial charge in [-0.1, -0.05) is 34.8 Å². The molecule has 96 valence electrons. The minimum absolute atomic E-state index is 0.259. The number of carbonyl (C=O) groups excluding carboxylic acids is 1. The fraction of sp³-hybridized carbons (Fsp3) is 0.556. The summed E-state index contributed by atoms with van der Waals surface area (Å²) in [6, 6.07) is 0.259. The number of halogens is 3. The first-order valence-electron chi connectivity index (χ1n) is 4.82. The minimum Gasteiger partial charge on any atom is -0.445 e. The van der Waals surface area contributed by atoms with Crippen molar-refractivity contribution in [2.75, 3.05) is 11.9 Å². The second-order valence-corrected chi connectivity index (χ2v) is 6.13. The van der Waals surface area contributed by atoms with Crippen LogP contribution in [0.2, 0.25) is 0 Å². The molecule has 1 N–H and O–H groups in total. The molecule has 0 radical (unpaired) electrons. The molecule has 0 spiro atoms. The Kier molecular flexibility index (Phi) is 4.91. The normalized spacial score (nSPS) is 11.6. The van der Waals surface area contributed by atoms with Crippen LogP contribution in [-0.4, -0.2) is 26.0 Å². The Balaban J connectivity index is 2.45. The Hall–Kier alpha value is -0.650. The second kappa shape index (κ2) is 5.80. The smallest absolute Gasteiger partial charge is 0.412 e. The van der Waals surface area contributed by atoms with E-state index in [2.05, 4.69) is 15.0 Å². The zero-order valence-corrected chi connectivity index (χ0v) is 11.6. The number of amides is 1.